The summed E-state index contributed by atoms with van der Waals surface area (Å²) in [5.41, 5.74) is 0.931. The van der Waals surface area contributed by atoms with Crippen LogP contribution in [0.4, 0.5) is 0 Å². The SMILES string of the molecule is C=CCNC(=O)c1cccc(S(=O)(=O)NCc2ccccc2Cl)c1. The van der Waals surface area contributed by atoms with E-state index in [1.807, 2.05) is 0 Å². The lowest BCUT2D eigenvalue weighted by Crippen LogP contribution is -2.25. The molecule has 7 heteroatoms. The summed E-state index contributed by atoms with van der Waals surface area (Å²) in [6, 6.07) is 12.8. The van der Waals surface area contributed by atoms with Crippen LogP contribution < -0.4 is 10.0 Å². The third kappa shape index (κ3) is 4.67. The van der Waals surface area contributed by atoms with E-state index >= 15 is 0 Å². The summed E-state index contributed by atoms with van der Waals surface area (Å²) in [6.07, 6.45) is 1.55. The van der Waals surface area contributed by atoms with Crippen molar-refractivity contribution in [1.29, 1.82) is 0 Å². The van der Waals surface area contributed by atoms with Gasteiger partial charge in [-0.1, -0.05) is 41.9 Å². The van der Waals surface area contributed by atoms with Crippen molar-refractivity contribution in [3.05, 3.63) is 77.3 Å². The number of amides is 1. The van der Waals surface area contributed by atoms with Crippen LogP contribution in [-0.2, 0) is 16.6 Å². The van der Waals surface area contributed by atoms with Gasteiger partial charge in [0.15, 0.2) is 0 Å². The smallest absolute Gasteiger partial charge is 0.251 e. The van der Waals surface area contributed by atoms with E-state index in [0.717, 1.165) is 0 Å². The summed E-state index contributed by atoms with van der Waals surface area (Å²) in [5.74, 6) is -0.363. The van der Waals surface area contributed by atoms with Gasteiger partial charge in [0.1, 0.15) is 0 Å². The largest absolute Gasteiger partial charge is 0.349 e. The second kappa shape index (κ2) is 8.10. The van der Waals surface area contributed by atoms with E-state index in [1.165, 1.54) is 18.2 Å². The van der Waals surface area contributed by atoms with Gasteiger partial charge in [0, 0.05) is 23.7 Å². The van der Waals surface area contributed by atoms with Crippen molar-refractivity contribution in [2.45, 2.75) is 11.4 Å². The predicted molar refractivity (Wildman–Crippen MR) is 94.4 cm³/mol. The Balaban J connectivity index is 2.16. The van der Waals surface area contributed by atoms with Gasteiger partial charge in [-0.3, -0.25) is 4.79 Å². The summed E-state index contributed by atoms with van der Waals surface area (Å²) >= 11 is 6.02. The van der Waals surface area contributed by atoms with Crippen molar-refractivity contribution in [2.24, 2.45) is 0 Å². The van der Waals surface area contributed by atoms with Gasteiger partial charge in [-0.2, -0.15) is 0 Å². The molecule has 0 aliphatic heterocycles. The standard InChI is InChI=1S/C17H17ClN2O3S/c1-2-10-19-17(21)13-7-5-8-15(11-13)24(22,23)20-12-14-6-3-4-9-16(14)18/h2-9,11,20H,1,10,12H2,(H,19,21). The molecule has 0 bridgehead atoms. The van der Waals surface area contributed by atoms with Crippen molar-refractivity contribution >= 4 is 27.5 Å². The zero-order valence-corrected chi connectivity index (χ0v) is 14.4. The number of nitrogens with one attached hydrogen (secondary N) is 2. The van der Waals surface area contributed by atoms with Gasteiger partial charge in [0.05, 0.1) is 4.90 Å². The van der Waals surface area contributed by atoms with E-state index in [-0.39, 0.29) is 22.9 Å². The minimum atomic E-state index is -3.76. The van der Waals surface area contributed by atoms with E-state index in [9.17, 15) is 13.2 Å². The number of carbonyl (C=O) groups excluding carboxylic acids is 1. The summed E-state index contributed by atoms with van der Waals surface area (Å²) in [4.78, 5) is 11.9. The normalized spacial score (nSPS) is 11.0. The predicted octanol–water partition coefficient (Wildman–Crippen LogP) is 2.73. The Kier molecular flexibility index (Phi) is 6.14. The van der Waals surface area contributed by atoms with Crippen LogP contribution in [0.5, 0.6) is 0 Å². The topological polar surface area (TPSA) is 75.3 Å². The van der Waals surface area contributed by atoms with Gasteiger partial charge in [-0.15, -0.1) is 6.58 Å². The maximum absolute atomic E-state index is 12.4. The van der Waals surface area contributed by atoms with Crippen molar-refractivity contribution in [1.82, 2.24) is 10.0 Å². The van der Waals surface area contributed by atoms with E-state index in [0.29, 0.717) is 17.1 Å². The molecule has 2 N–H and O–H groups in total. The first-order valence-electron chi connectivity index (χ1n) is 7.16. The van der Waals surface area contributed by atoms with Gasteiger partial charge >= 0.3 is 0 Å². The first-order valence-corrected chi connectivity index (χ1v) is 9.02. The Labute approximate surface area is 146 Å². The molecule has 126 valence electrons. The molecule has 0 atom stereocenters. The molecular formula is C17H17ClN2O3S. The lowest BCUT2D eigenvalue weighted by molar-refractivity contribution is 0.0958. The zero-order chi connectivity index (χ0) is 17.6. The van der Waals surface area contributed by atoms with Crippen LogP contribution in [-0.4, -0.2) is 20.9 Å². The third-order valence-electron chi connectivity index (χ3n) is 3.22. The van der Waals surface area contributed by atoms with Crippen LogP contribution in [0.2, 0.25) is 5.02 Å². The zero-order valence-electron chi connectivity index (χ0n) is 12.8. The molecule has 1 amide bonds. The Morgan fingerprint density at radius 1 is 1.17 bits per heavy atom. The minimum absolute atomic E-state index is 0.0146. The summed E-state index contributed by atoms with van der Waals surface area (Å²) in [5, 5.41) is 3.09. The van der Waals surface area contributed by atoms with E-state index < -0.39 is 10.0 Å². The molecule has 0 fully saturated rings. The molecule has 0 unspecified atom stereocenters. The van der Waals surface area contributed by atoms with Crippen LogP contribution >= 0.6 is 11.6 Å². The van der Waals surface area contributed by atoms with Crippen molar-refractivity contribution in [3.8, 4) is 0 Å². The summed E-state index contributed by atoms with van der Waals surface area (Å²) in [7, 11) is -3.76. The summed E-state index contributed by atoms with van der Waals surface area (Å²) < 4.78 is 27.3. The Hall–Kier alpha value is -2.15. The fourth-order valence-corrected chi connectivity index (χ4v) is 3.22. The molecule has 0 aliphatic carbocycles. The van der Waals surface area contributed by atoms with Gasteiger partial charge in [0.2, 0.25) is 10.0 Å². The number of halogens is 1. The highest BCUT2D eigenvalue weighted by atomic mass is 35.5. The molecule has 0 aliphatic rings. The van der Waals surface area contributed by atoms with Crippen LogP contribution in [0.25, 0.3) is 0 Å². The quantitative estimate of drug-likeness (QED) is 0.742. The minimum Gasteiger partial charge on any atom is -0.349 e. The first kappa shape index (κ1) is 18.2. The average Bonchev–Trinajstić information content (AvgIpc) is 2.59. The molecule has 0 radical (unpaired) electrons. The second-order valence-electron chi connectivity index (χ2n) is 4.94. The molecule has 2 aromatic rings. The highest BCUT2D eigenvalue weighted by Gasteiger charge is 2.16. The summed E-state index contributed by atoms with van der Waals surface area (Å²) in [6.45, 7) is 3.88. The molecule has 24 heavy (non-hydrogen) atoms. The van der Waals surface area contributed by atoms with Crippen molar-refractivity contribution in [3.63, 3.8) is 0 Å². The van der Waals surface area contributed by atoms with Crippen LogP contribution in [0, 0.1) is 0 Å². The molecule has 0 saturated heterocycles. The second-order valence-corrected chi connectivity index (χ2v) is 7.12. The van der Waals surface area contributed by atoms with Crippen LogP contribution in [0.15, 0.2) is 66.1 Å². The number of sulfonamides is 1. The van der Waals surface area contributed by atoms with Gasteiger partial charge in [-0.05, 0) is 29.8 Å². The Morgan fingerprint density at radius 3 is 2.62 bits per heavy atom. The number of hydrogen-bond acceptors (Lipinski definition) is 3. The van der Waals surface area contributed by atoms with Crippen LogP contribution in [0.3, 0.4) is 0 Å². The van der Waals surface area contributed by atoms with Crippen molar-refractivity contribution in [2.75, 3.05) is 6.54 Å². The molecule has 5 nitrogen and oxygen atoms in total. The fourth-order valence-electron chi connectivity index (χ4n) is 1.97. The molecule has 0 spiro atoms. The lowest BCUT2D eigenvalue weighted by atomic mass is 10.2. The lowest BCUT2D eigenvalue weighted by Gasteiger charge is -2.09. The number of rotatable bonds is 7. The fraction of sp³-hybridized carbons (Fsp3) is 0.118. The first-order chi connectivity index (χ1) is 11.4. The number of hydrogen-bond donors (Lipinski definition) is 2. The Bertz CT molecular complexity index is 850. The van der Waals surface area contributed by atoms with Crippen molar-refractivity contribution < 1.29 is 13.2 Å². The van der Waals surface area contributed by atoms with E-state index in [4.69, 9.17) is 11.6 Å². The van der Waals surface area contributed by atoms with Crippen LogP contribution in [0.1, 0.15) is 15.9 Å². The molecular weight excluding hydrogens is 348 g/mol. The number of carbonyl (C=O) groups is 1. The maximum atomic E-state index is 12.4. The maximum Gasteiger partial charge on any atom is 0.251 e. The number of benzene rings is 2. The highest BCUT2D eigenvalue weighted by Crippen LogP contribution is 2.16. The average molecular weight is 365 g/mol. The molecule has 0 heterocycles. The highest BCUT2D eigenvalue weighted by molar-refractivity contribution is 7.89. The molecule has 0 saturated carbocycles. The third-order valence-corrected chi connectivity index (χ3v) is 4.99. The van der Waals surface area contributed by atoms with Gasteiger partial charge < -0.3 is 5.32 Å². The van der Waals surface area contributed by atoms with Gasteiger partial charge in [-0.25, -0.2) is 13.1 Å². The van der Waals surface area contributed by atoms with E-state index in [1.54, 1.807) is 36.4 Å². The van der Waals surface area contributed by atoms with E-state index in [2.05, 4.69) is 16.6 Å². The van der Waals surface area contributed by atoms with Gasteiger partial charge in [0.25, 0.3) is 5.91 Å². The molecule has 2 aromatic carbocycles. The molecule has 2 rings (SSSR count). The Morgan fingerprint density at radius 2 is 1.92 bits per heavy atom. The molecule has 0 aromatic heterocycles. The monoisotopic (exact) mass is 364 g/mol.